The minimum Gasteiger partial charge on any atom is -0.392 e. The molecule has 3 rings (SSSR count). The van der Waals surface area contributed by atoms with E-state index in [1.165, 1.54) is 24.0 Å². The van der Waals surface area contributed by atoms with Gasteiger partial charge in [0, 0.05) is 12.5 Å². The van der Waals surface area contributed by atoms with Crippen molar-refractivity contribution in [1.29, 1.82) is 0 Å². The number of rotatable bonds is 4. The Hall–Kier alpha value is -1.39. The van der Waals surface area contributed by atoms with Gasteiger partial charge in [-0.25, -0.2) is 0 Å². The lowest BCUT2D eigenvalue weighted by atomic mass is 9.64. The normalized spacial score (nSPS) is 31.9. The first-order valence-electron chi connectivity index (χ1n) is 9.64. The third-order valence-corrected chi connectivity index (χ3v) is 6.40. The zero-order valence-corrected chi connectivity index (χ0v) is 15.8. The second-order valence-corrected chi connectivity index (χ2v) is 8.46. The summed E-state index contributed by atoms with van der Waals surface area (Å²) in [6, 6.07) is 0. The molecule has 0 bridgehead atoms. The van der Waals surface area contributed by atoms with Crippen molar-refractivity contribution in [2.45, 2.75) is 59.0 Å². The number of carbonyl (C=O) groups is 1. The highest BCUT2D eigenvalue weighted by molar-refractivity contribution is 5.78. The molecular formula is C21H32N2O2. The summed E-state index contributed by atoms with van der Waals surface area (Å²) < 4.78 is 0. The molecular weight excluding hydrogens is 312 g/mol. The Balaban J connectivity index is 1.93. The molecule has 0 saturated heterocycles. The summed E-state index contributed by atoms with van der Waals surface area (Å²) >= 11 is 0. The van der Waals surface area contributed by atoms with E-state index in [9.17, 15) is 9.90 Å². The van der Waals surface area contributed by atoms with E-state index in [0.29, 0.717) is 18.9 Å². The Morgan fingerprint density at radius 1 is 1.40 bits per heavy atom. The minimum absolute atomic E-state index is 0.00252. The van der Waals surface area contributed by atoms with Crippen molar-refractivity contribution < 1.29 is 9.90 Å². The summed E-state index contributed by atoms with van der Waals surface area (Å²) in [5, 5.41) is 13.7. The number of nitrogens with two attached hydrogens (primary N) is 1. The summed E-state index contributed by atoms with van der Waals surface area (Å²) in [5.41, 5.74) is 11.2. The van der Waals surface area contributed by atoms with Crippen LogP contribution in [0, 0.1) is 17.3 Å². The number of fused-ring (bicyclic) bond motifs is 3. The number of hydrogen-bond acceptors (Lipinski definition) is 3. The van der Waals surface area contributed by atoms with Gasteiger partial charge >= 0.3 is 0 Å². The summed E-state index contributed by atoms with van der Waals surface area (Å²) in [6.45, 7) is 7.45. The van der Waals surface area contributed by atoms with Crippen molar-refractivity contribution in [2.75, 3.05) is 13.1 Å². The fourth-order valence-electron chi connectivity index (χ4n) is 4.93. The summed E-state index contributed by atoms with van der Waals surface area (Å²) in [5.74, 6) is 0.621. The SMILES string of the molecule is CC(C)C1=C2C3=CC=C(CNC(=O)CN)CC(O)C3CCC2(C)CC1. The van der Waals surface area contributed by atoms with Crippen LogP contribution in [-0.2, 0) is 4.79 Å². The number of hydrogen-bond donors (Lipinski definition) is 3. The van der Waals surface area contributed by atoms with E-state index in [2.05, 4.69) is 38.2 Å². The molecule has 138 valence electrons. The van der Waals surface area contributed by atoms with Crippen LogP contribution in [0.1, 0.15) is 52.9 Å². The van der Waals surface area contributed by atoms with Gasteiger partial charge in [-0.3, -0.25) is 4.79 Å². The number of aliphatic hydroxyl groups is 1. The fraction of sp³-hybridized carbons (Fsp3) is 0.667. The number of aliphatic hydroxyl groups excluding tert-OH is 1. The second-order valence-electron chi connectivity index (χ2n) is 8.46. The van der Waals surface area contributed by atoms with Gasteiger partial charge in [0.2, 0.25) is 5.91 Å². The lowest BCUT2D eigenvalue weighted by Gasteiger charge is -2.41. The lowest BCUT2D eigenvalue weighted by molar-refractivity contribution is -0.119. The van der Waals surface area contributed by atoms with Gasteiger partial charge in [0.1, 0.15) is 0 Å². The zero-order valence-electron chi connectivity index (χ0n) is 15.8. The van der Waals surface area contributed by atoms with Gasteiger partial charge in [-0.15, -0.1) is 0 Å². The molecule has 3 unspecified atom stereocenters. The first kappa shape index (κ1) is 18.4. The molecule has 4 nitrogen and oxygen atoms in total. The first-order valence-corrected chi connectivity index (χ1v) is 9.64. The molecule has 25 heavy (non-hydrogen) atoms. The Morgan fingerprint density at radius 2 is 2.16 bits per heavy atom. The van der Waals surface area contributed by atoms with Crippen LogP contribution in [0.3, 0.4) is 0 Å². The van der Waals surface area contributed by atoms with E-state index in [4.69, 9.17) is 5.73 Å². The van der Waals surface area contributed by atoms with Gasteiger partial charge in [-0.05, 0) is 60.2 Å². The fourth-order valence-corrected chi connectivity index (χ4v) is 4.93. The molecule has 4 N–H and O–H groups in total. The van der Waals surface area contributed by atoms with Crippen molar-refractivity contribution >= 4 is 5.91 Å². The van der Waals surface area contributed by atoms with Crippen LogP contribution in [-0.4, -0.2) is 30.2 Å². The van der Waals surface area contributed by atoms with Gasteiger partial charge in [-0.2, -0.15) is 0 Å². The van der Waals surface area contributed by atoms with Crippen molar-refractivity contribution in [3.63, 3.8) is 0 Å². The van der Waals surface area contributed by atoms with Gasteiger partial charge in [0.05, 0.1) is 12.6 Å². The van der Waals surface area contributed by atoms with Crippen LogP contribution in [0.5, 0.6) is 0 Å². The first-order chi connectivity index (χ1) is 11.9. The molecule has 3 aliphatic rings. The Labute approximate surface area is 151 Å². The van der Waals surface area contributed by atoms with Gasteiger partial charge in [0.15, 0.2) is 0 Å². The van der Waals surface area contributed by atoms with Gasteiger partial charge in [0.25, 0.3) is 0 Å². The van der Waals surface area contributed by atoms with Crippen LogP contribution in [0.2, 0.25) is 0 Å². The largest absolute Gasteiger partial charge is 0.392 e. The highest BCUT2D eigenvalue weighted by Crippen LogP contribution is 2.57. The number of carbonyl (C=O) groups excluding carboxylic acids is 1. The van der Waals surface area contributed by atoms with Crippen LogP contribution in [0.15, 0.2) is 34.4 Å². The molecule has 3 aliphatic carbocycles. The molecule has 4 heteroatoms. The van der Waals surface area contributed by atoms with Crippen molar-refractivity contribution in [1.82, 2.24) is 5.32 Å². The van der Waals surface area contributed by atoms with Crippen molar-refractivity contribution in [2.24, 2.45) is 23.0 Å². The van der Waals surface area contributed by atoms with E-state index in [1.807, 2.05) is 0 Å². The standard InChI is InChI=1S/C21H32N2O2/c1-13(2)15-6-8-21(3)9-7-16-17(20(15)21)5-4-14(10-18(16)24)12-23-19(25)11-22/h4-5,13,16,18,24H,6-12,22H2,1-3H3,(H,23,25). The molecule has 0 aliphatic heterocycles. The van der Waals surface area contributed by atoms with Crippen LogP contribution in [0.4, 0.5) is 0 Å². The van der Waals surface area contributed by atoms with E-state index in [1.54, 1.807) is 5.57 Å². The third kappa shape index (κ3) is 3.47. The quantitative estimate of drug-likeness (QED) is 0.734. The Bertz CT molecular complexity index is 644. The average molecular weight is 344 g/mol. The maximum Gasteiger partial charge on any atom is 0.233 e. The van der Waals surface area contributed by atoms with E-state index >= 15 is 0 Å². The molecule has 1 amide bonds. The Kier molecular flexibility index (Phi) is 5.21. The van der Waals surface area contributed by atoms with Crippen LogP contribution in [0.25, 0.3) is 0 Å². The monoisotopic (exact) mass is 344 g/mol. The molecule has 1 saturated carbocycles. The summed E-state index contributed by atoms with van der Waals surface area (Å²) in [6.07, 6.45) is 9.23. The predicted molar refractivity (Wildman–Crippen MR) is 101 cm³/mol. The third-order valence-electron chi connectivity index (χ3n) is 6.40. The van der Waals surface area contributed by atoms with E-state index < -0.39 is 0 Å². The highest BCUT2D eigenvalue weighted by Gasteiger charge is 2.45. The zero-order chi connectivity index (χ0) is 18.2. The molecule has 0 heterocycles. The lowest BCUT2D eigenvalue weighted by Crippen LogP contribution is -2.34. The van der Waals surface area contributed by atoms with Crippen molar-refractivity contribution in [3.05, 3.63) is 34.4 Å². The smallest absolute Gasteiger partial charge is 0.233 e. The maximum atomic E-state index is 11.4. The summed E-state index contributed by atoms with van der Waals surface area (Å²) in [4.78, 5) is 11.4. The molecule has 0 aromatic carbocycles. The molecule has 0 aromatic heterocycles. The molecule has 0 spiro atoms. The molecule has 3 atom stereocenters. The second kappa shape index (κ2) is 7.08. The van der Waals surface area contributed by atoms with Gasteiger partial charge < -0.3 is 16.2 Å². The van der Waals surface area contributed by atoms with Crippen LogP contribution < -0.4 is 11.1 Å². The molecule has 0 radical (unpaired) electrons. The average Bonchev–Trinajstić information content (AvgIpc) is 2.85. The Morgan fingerprint density at radius 3 is 2.84 bits per heavy atom. The number of nitrogens with one attached hydrogen (secondary N) is 1. The van der Waals surface area contributed by atoms with Crippen LogP contribution >= 0.6 is 0 Å². The van der Waals surface area contributed by atoms with E-state index in [-0.39, 0.29) is 29.9 Å². The van der Waals surface area contributed by atoms with E-state index in [0.717, 1.165) is 18.4 Å². The summed E-state index contributed by atoms with van der Waals surface area (Å²) in [7, 11) is 0. The van der Waals surface area contributed by atoms with Gasteiger partial charge in [-0.1, -0.05) is 38.5 Å². The predicted octanol–water partition coefficient (Wildman–Crippen LogP) is 2.84. The molecule has 0 aromatic rings. The molecule has 1 fully saturated rings. The number of amides is 1. The van der Waals surface area contributed by atoms with Crippen molar-refractivity contribution in [3.8, 4) is 0 Å². The number of allylic oxidation sites excluding steroid dienone is 4. The highest BCUT2D eigenvalue weighted by atomic mass is 16.3. The topological polar surface area (TPSA) is 75.4 Å². The minimum atomic E-state index is -0.374. The maximum absolute atomic E-state index is 11.4.